The van der Waals surface area contributed by atoms with E-state index >= 15 is 0 Å². The van der Waals surface area contributed by atoms with Crippen LogP contribution in [0.15, 0.2) is 24.3 Å². The summed E-state index contributed by atoms with van der Waals surface area (Å²) in [6.45, 7) is 0. The monoisotopic (exact) mass is 279 g/mol. The van der Waals surface area contributed by atoms with Gasteiger partial charge in [-0.05, 0) is 48.6 Å². The fraction of sp³-hybridized carbons (Fsp3) is 0.556. The molecule has 3 heteroatoms. The first-order chi connectivity index (χ1) is 10.4. The summed E-state index contributed by atoms with van der Waals surface area (Å²) < 4.78 is 0. The number of hydrogen-bond donors (Lipinski definition) is 1. The second-order valence-corrected chi connectivity index (χ2v) is 7.01. The number of H-pyrrole nitrogens is 1. The molecule has 1 heterocycles. The van der Waals surface area contributed by atoms with Gasteiger partial charge in [-0.2, -0.15) is 5.10 Å². The Morgan fingerprint density at radius 1 is 1.00 bits per heavy atom. The van der Waals surface area contributed by atoms with Crippen molar-refractivity contribution in [2.45, 2.75) is 56.3 Å². The zero-order valence-electron chi connectivity index (χ0n) is 12.3. The van der Waals surface area contributed by atoms with Gasteiger partial charge in [-0.25, -0.2) is 4.98 Å². The van der Waals surface area contributed by atoms with Crippen molar-refractivity contribution in [2.24, 2.45) is 5.92 Å². The number of benzene rings is 1. The lowest BCUT2D eigenvalue weighted by atomic mass is 9.92. The van der Waals surface area contributed by atoms with E-state index in [0.29, 0.717) is 17.8 Å². The molecule has 0 spiro atoms. The largest absolute Gasteiger partial charge is 0.263 e. The van der Waals surface area contributed by atoms with Crippen molar-refractivity contribution in [3.05, 3.63) is 47.0 Å². The Balaban J connectivity index is 1.43. The molecule has 0 bridgehead atoms. The number of aromatic amines is 1. The van der Waals surface area contributed by atoms with Gasteiger partial charge in [0, 0.05) is 11.8 Å². The molecule has 108 valence electrons. The van der Waals surface area contributed by atoms with Crippen molar-refractivity contribution in [3.63, 3.8) is 0 Å². The van der Waals surface area contributed by atoms with Crippen molar-refractivity contribution < 1.29 is 0 Å². The highest BCUT2D eigenvalue weighted by molar-refractivity contribution is 5.43. The van der Waals surface area contributed by atoms with Crippen molar-refractivity contribution in [3.8, 4) is 0 Å². The molecule has 0 radical (unpaired) electrons. The van der Waals surface area contributed by atoms with Gasteiger partial charge in [0.1, 0.15) is 5.82 Å². The summed E-state index contributed by atoms with van der Waals surface area (Å²) in [6.07, 6.45) is 7.78. The summed E-state index contributed by atoms with van der Waals surface area (Å²) in [5.74, 6) is 4.94. The molecule has 5 rings (SSSR count). The molecule has 3 nitrogen and oxygen atoms in total. The average molecular weight is 279 g/mol. The highest BCUT2D eigenvalue weighted by Crippen LogP contribution is 2.64. The van der Waals surface area contributed by atoms with Gasteiger partial charge in [-0.3, -0.25) is 5.10 Å². The number of hydrogen-bond acceptors (Lipinski definition) is 2. The van der Waals surface area contributed by atoms with E-state index in [0.717, 1.165) is 17.6 Å². The smallest absolute Gasteiger partial charge is 0.153 e. The number of fused-ring (bicyclic) bond motifs is 3. The van der Waals surface area contributed by atoms with Crippen LogP contribution in [0.2, 0.25) is 0 Å². The van der Waals surface area contributed by atoms with Crippen LogP contribution in [0.1, 0.15) is 72.6 Å². The van der Waals surface area contributed by atoms with E-state index in [1.165, 1.54) is 38.5 Å². The SMILES string of the molecule is c1ccc2c(c1)CCC1C(c3nc(C4CCCC4)n[nH]3)C21. The lowest BCUT2D eigenvalue weighted by Gasteiger charge is -2.13. The summed E-state index contributed by atoms with van der Waals surface area (Å²) in [5.41, 5.74) is 3.12. The minimum Gasteiger partial charge on any atom is -0.263 e. The van der Waals surface area contributed by atoms with Crippen LogP contribution in [-0.4, -0.2) is 15.2 Å². The molecule has 21 heavy (non-hydrogen) atoms. The van der Waals surface area contributed by atoms with E-state index in [9.17, 15) is 0 Å². The van der Waals surface area contributed by atoms with Gasteiger partial charge in [0.05, 0.1) is 0 Å². The topological polar surface area (TPSA) is 41.6 Å². The molecule has 2 saturated carbocycles. The van der Waals surface area contributed by atoms with Gasteiger partial charge in [-0.1, -0.05) is 37.1 Å². The maximum absolute atomic E-state index is 4.88. The van der Waals surface area contributed by atoms with Crippen LogP contribution in [0.5, 0.6) is 0 Å². The molecule has 2 fully saturated rings. The van der Waals surface area contributed by atoms with Crippen LogP contribution in [0.3, 0.4) is 0 Å². The first-order valence-electron chi connectivity index (χ1n) is 8.42. The number of nitrogens with one attached hydrogen (secondary N) is 1. The molecular formula is C18H21N3. The van der Waals surface area contributed by atoms with Gasteiger partial charge in [0.15, 0.2) is 5.82 Å². The third-order valence-electron chi connectivity index (χ3n) is 5.89. The van der Waals surface area contributed by atoms with Crippen LogP contribution in [0.25, 0.3) is 0 Å². The second-order valence-electron chi connectivity index (χ2n) is 7.01. The number of aryl methyl sites for hydroxylation is 1. The summed E-state index contributed by atoms with van der Waals surface area (Å²) in [5, 5.41) is 7.81. The first-order valence-corrected chi connectivity index (χ1v) is 8.42. The van der Waals surface area contributed by atoms with Gasteiger partial charge < -0.3 is 0 Å². The lowest BCUT2D eigenvalue weighted by molar-refractivity contribution is 0.653. The molecule has 3 unspecified atom stereocenters. The molecule has 1 N–H and O–H groups in total. The molecule has 3 aliphatic carbocycles. The predicted octanol–water partition coefficient (Wildman–Crippen LogP) is 3.91. The zero-order valence-corrected chi connectivity index (χ0v) is 12.3. The van der Waals surface area contributed by atoms with Crippen molar-refractivity contribution in [1.82, 2.24) is 15.2 Å². The van der Waals surface area contributed by atoms with Crippen LogP contribution in [-0.2, 0) is 6.42 Å². The van der Waals surface area contributed by atoms with Crippen molar-refractivity contribution >= 4 is 0 Å². The lowest BCUT2D eigenvalue weighted by Crippen LogP contribution is -2.00. The second kappa shape index (κ2) is 4.43. The van der Waals surface area contributed by atoms with Gasteiger partial charge in [-0.15, -0.1) is 0 Å². The quantitative estimate of drug-likeness (QED) is 0.905. The minimum atomic E-state index is 0.594. The molecule has 0 amide bonds. The molecule has 3 atom stereocenters. The normalized spacial score (nSPS) is 31.0. The Kier molecular flexibility index (Phi) is 2.52. The highest BCUT2D eigenvalue weighted by atomic mass is 15.2. The third-order valence-corrected chi connectivity index (χ3v) is 5.89. The number of nitrogens with zero attached hydrogens (tertiary/aromatic N) is 2. The van der Waals surface area contributed by atoms with E-state index in [4.69, 9.17) is 4.98 Å². The van der Waals surface area contributed by atoms with Gasteiger partial charge in [0.2, 0.25) is 0 Å². The van der Waals surface area contributed by atoms with Crippen LogP contribution < -0.4 is 0 Å². The third kappa shape index (κ3) is 1.79. The van der Waals surface area contributed by atoms with Crippen molar-refractivity contribution in [1.29, 1.82) is 0 Å². The Morgan fingerprint density at radius 3 is 2.76 bits per heavy atom. The molecule has 1 aromatic heterocycles. The van der Waals surface area contributed by atoms with Crippen LogP contribution >= 0.6 is 0 Å². The predicted molar refractivity (Wildman–Crippen MR) is 81.3 cm³/mol. The maximum atomic E-state index is 4.88. The van der Waals surface area contributed by atoms with E-state index in [1.807, 2.05) is 0 Å². The van der Waals surface area contributed by atoms with Crippen LogP contribution in [0, 0.1) is 5.92 Å². The van der Waals surface area contributed by atoms with E-state index < -0.39 is 0 Å². The summed E-state index contributed by atoms with van der Waals surface area (Å²) in [7, 11) is 0. The van der Waals surface area contributed by atoms with Gasteiger partial charge in [0.25, 0.3) is 0 Å². The molecule has 1 aromatic carbocycles. The zero-order chi connectivity index (χ0) is 13.8. The molecule has 2 aromatic rings. The molecule has 3 aliphatic rings. The highest BCUT2D eigenvalue weighted by Gasteiger charge is 2.55. The number of aromatic nitrogens is 3. The summed E-state index contributed by atoms with van der Waals surface area (Å²) >= 11 is 0. The van der Waals surface area contributed by atoms with E-state index in [-0.39, 0.29) is 0 Å². The number of rotatable bonds is 2. The van der Waals surface area contributed by atoms with Crippen molar-refractivity contribution in [2.75, 3.05) is 0 Å². The van der Waals surface area contributed by atoms with E-state index in [2.05, 4.69) is 34.5 Å². The Morgan fingerprint density at radius 2 is 1.86 bits per heavy atom. The van der Waals surface area contributed by atoms with E-state index in [1.54, 1.807) is 11.1 Å². The fourth-order valence-corrected chi connectivity index (χ4v) is 4.74. The summed E-state index contributed by atoms with van der Waals surface area (Å²) in [6, 6.07) is 8.97. The summed E-state index contributed by atoms with van der Waals surface area (Å²) in [4.78, 5) is 4.88. The fourth-order valence-electron chi connectivity index (χ4n) is 4.74. The molecule has 0 saturated heterocycles. The minimum absolute atomic E-state index is 0.594. The average Bonchev–Trinajstić information content (AvgIpc) is 2.92. The Bertz CT molecular complexity index is 669. The standard InChI is InChI=1S/C18H21N3/c1-2-7-12(6-1)17-19-18(21-20-17)16-14-10-9-11-5-3-4-8-13(11)15(14)16/h3-5,8,12,14-16H,1-2,6-7,9-10H2,(H,19,20,21). The van der Waals surface area contributed by atoms with Crippen LogP contribution in [0.4, 0.5) is 0 Å². The maximum Gasteiger partial charge on any atom is 0.153 e. The Hall–Kier alpha value is -1.64. The molecular weight excluding hydrogens is 258 g/mol. The van der Waals surface area contributed by atoms with Gasteiger partial charge >= 0.3 is 0 Å². The molecule has 0 aliphatic heterocycles. The first kappa shape index (κ1) is 12.0. The Labute approximate surface area is 125 Å².